The Balaban J connectivity index is 0.00000361. The fourth-order valence-electron chi connectivity index (χ4n) is 1.66. The van der Waals surface area contributed by atoms with Crippen LogP contribution in [0.25, 0.3) is 0 Å². The van der Waals surface area contributed by atoms with Crippen LogP contribution in [0.5, 0.6) is 0 Å². The summed E-state index contributed by atoms with van der Waals surface area (Å²) in [5, 5.41) is 0. The van der Waals surface area contributed by atoms with Gasteiger partial charge in [0, 0.05) is 6.92 Å². The number of halogens is 1. The fraction of sp³-hybridized carbons (Fsp3) is 0.615. The van der Waals surface area contributed by atoms with Crippen LogP contribution in [0.15, 0.2) is 18.7 Å². The predicted octanol–water partition coefficient (Wildman–Crippen LogP) is -2.45. The second kappa shape index (κ2) is 8.04. The molecule has 1 unspecified atom stereocenters. The molecule has 0 bridgehead atoms. The highest BCUT2D eigenvalue weighted by atomic mass is 79.9. The number of hydrogen-bond donors (Lipinski definition) is 0. The van der Waals surface area contributed by atoms with Crippen LogP contribution in [0.4, 0.5) is 0 Å². The molecule has 6 nitrogen and oxygen atoms in total. The van der Waals surface area contributed by atoms with Gasteiger partial charge in [0.25, 0.3) is 0 Å². The van der Waals surface area contributed by atoms with Gasteiger partial charge in [0.15, 0.2) is 0 Å². The van der Waals surface area contributed by atoms with Crippen LogP contribution in [0.3, 0.4) is 0 Å². The minimum absolute atomic E-state index is 0. The van der Waals surface area contributed by atoms with Crippen LogP contribution in [0.1, 0.15) is 26.7 Å². The number of hydrogen-bond acceptors (Lipinski definition) is 4. The van der Waals surface area contributed by atoms with E-state index < -0.39 is 17.5 Å². The number of methoxy groups -OCH3 is 1. The molecule has 0 saturated carbocycles. The van der Waals surface area contributed by atoms with Crippen molar-refractivity contribution in [2.45, 2.75) is 32.2 Å². The van der Waals surface area contributed by atoms with Gasteiger partial charge < -0.3 is 26.5 Å². The van der Waals surface area contributed by atoms with Gasteiger partial charge in [-0.1, -0.05) is 13.3 Å². The highest BCUT2D eigenvalue weighted by molar-refractivity contribution is 6.01. The molecule has 114 valence electrons. The Labute approximate surface area is 129 Å². The van der Waals surface area contributed by atoms with Gasteiger partial charge >= 0.3 is 17.5 Å². The molecule has 0 aliphatic carbocycles. The number of aryl methyl sites for hydroxylation is 1. The molecule has 20 heavy (non-hydrogen) atoms. The van der Waals surface area contributed by atoms with Crippen molar-refractivity contribution in [2.24, 2.45) is 7.05 Å². The van der Waals surface area contributed by atoms with E-state index in [9.17, 15) is 9.59 Å². The van der Waals surface area contributed by atoms with E-state index in [0.717, 1.165) is 12.8 Å². The van der Waals surface area contributed by atoms with Crippen molar-refractivity contribution in [3.8, 4) is 0 Å². The lowest BCUT2D eigenvalue weighted by Gasteiger charge is -2.21. The number of nitrogens with zero attached hydrogens (tertiary/aromatic N) is 2. The number of carbonyl (C=O) groups excluding carboxylic acids is 2. The Morgan fingerprint density at radius 2 is 2.00 bits per heavy atom. The molecule has 1 aromatic heterocycles. The van der Waals surface area contributed by atoms with E-state index in [1.54, 1.807) is 30.3 Å². The molecule has 0 aliphatic heterocycles. The third kappa shape index (κ3) is 3.82. The van der Waals surface area contributed by atoms with Gasteiger partial charge in [-0.05, 0) is 6.42 Å². The lowest BCUT2D eigenvalue weighted by Crippen LogP contribution is -3.00. The Bertz CT molecular complexity index is 461. The third-order valence-corrected chi connectivity index (χ3v) is 3.00. The molecule has 7 heteroatoms. The van der Waals surface area contributed by atoms with Crippen LogP contribution >= 0.6 is 0 Å². The zero-order chi connectivity index (χ0) is 14.5. The molecule has 0 aromatic carbocycles. The molecule has 0 spiro atoms. The smallest absolute Gasteiger partial charge is 0.366 e. The summed E-state index contributed by atoms with van der Waals surface area (Å²) in [6.07, 6.45) is 6.69. The zero-order valence-corrected chi connectivity index (χ0v) is 13.8. The standard InChI is InChI=1S/C13H21N2O4.BrH/c1-5-6-9-19-12(17)13(2,11(16)18-4)15-8-7-14(3)10-15;/h7-8,10H,5-6,9H2,1-4H3;1H/q+1;/p-1. The van der Waals surface area contributed by atoms with Gasteiger partial charge in [-0.2, -0.15) is 0 Å². The second-order valence-electron chi connectivity index (χ2n) is 4.54. The van der Waals surface area contributed by atoms with Crippen LogP contribution in [-0.2, 0) is 31.6 Å². The number of rotatable bonds is 6. The molecule has 1 atom stereocenters. The summed E-state index contributed by atoms with van der Waals surface area (Å²) in [4.78, 5) is 24.2. The molecular weight excluding hydrogens is 328 g/mol. The number of ether oxygens (including phenoxy) is 2. The maximum atomic E-state index is 12.2. The number of unbranched alkanes of at least 4 members (excludes halogenated alkanes) is 1. The molecule has 0 N–H and O–H groups in total. The molecule has 0 radical (unpaired) electrons. The average molecular weight is 349 g/mol. The van der Waals surface area contributed by atoms with Gasteiger partial charge in [-0.3, -0.25) is 0 Å². The Kier molecular flexibility index (Phi) is 7.49. The summed E-state index contributed by atoms with van der Waals surface area (Å²) in [7, 11) is 3.06. The first-order valence-corrected chi connectivity index (χ1v) is 6.26. The Morgan fingerprint density at radius 3 is 2.45 bits per heavy atom. The molecule has 0 amide bonds. The number of aromatic nitrogens is 2. The third-order valence-electron chi connectivity index (χ3n) is 3.00. The molecule has 0 fully saturated rings. The fourth-order valence-corrected chi connectivity index (χ4v) is 1.66. The lowest BCUT2D eigenvalue weighted by molar-refractivity contribution is -0.671. The minimum atomic E-state index is -1.50. The maximum absolute atomic E-state index is 12.2. The topological polar surface area (TPSA) is 61.4 Å². The first kappa shape index (κ1) is 18.6. The van der Waals surface area contributed by atoms with E-state index in [1.165, 1.54) is 18.6 Å². The number of carbonyl (C=O) groups is 2. The highest BCUT2D eigenvalue weighted by Crippen LogP contribution is 2.19. The van der Waals surface area contributed by atoms with Crippen LogP contribution in [-0.4, -0.2) is 30.2 Å². The van der Waals surface area contributed by atoms with Crippen LogP contribution < -0.4 is 21.5 Å². The monoisotopic (exact) mass is 348 g/mol. The normalized spacial score (nSPS) is 13.0. The van der Waals surface area contributed by atoms with Gasteiger partial charge in [0.05, 0.1) is 20.8 Å². The molecule has 1 aromatic rings. The first-order valence-electron chi connectivity index (χ1n) is 6.26. The van der Waals surface area contributed by atoms with E-state index in [-0.39, 0.29) is 17.0 Å². The number of imidazole rings is 1. The van der Waals surface area contributed by atoms with Gasteiger partial charge in [0.1, 0.15) is 12.4 Å². The van der Waals surface area contributed by atoms with Crippen molar-refractivity contribution in [1.82, 2.24) is 4.57 Å². The summed E-state index contributed by atoms with van der Waals surface area (Å²) in [5.74, 6) is -1.26. The van der Waals surface area contributed by atoms with Crippen molar-refractivity contribution in [1.29, 1.82) is 0 Å². The van der Waals surface area contributed by atoms with Crippen LogP contribution in [0.2, 0.25) is 0 Å². The largest absolute Gasteiger partial charge is 1.00 e. The lowest BCUT2D eigenvalue weighted by atomic mass is 10.0. The van der Waals surface area contributed by atoms with E-state index in [4.69, 9.17) is 9.47 Å². The predicted molar refractivity (Wildman–Crippen MR) is 67.1 cm³/mol. The van der Waals surface area contributed by atoms with Gasteiger partial charge in [0.2, 0.25) is 6.33 Å². The van der Waals surface area contributed by atoms with Crippen molar-refractivity contribution < 1.29 is 40.6 Å². The summed E-state index contributed by atoms with van der Waals surface area (Å²) >= 11 is 0. The first-order chi connectivity index (χ1) is 8.96. The van der Waals surface area contributed by atoms with Crippen molar-refractivity contribution in [3.63, 3.8) is 0 Å². The quantitative estimate of drug-likeness (QED) is 0.248. The summed E-state index contributed by atoms with van der Waals surface area (Å²) in [6.45, 7) is 3.79. The van der Waals surface area contributed by atoms with Crippen molar-refractivity contribution in [2.75, 3.05) is 13.7 Å². The minimum Gasteiger partial charge on any atom is -1.00 e. The highest BCUT2D eigenvalue weighted by Gasteiger charge is 2.50. The van der Waals surface area contributed by atoms with Crippen molar-refractivity contribution >= 4 is 11.9 Å². The van der Waals surface area contributed by atoms with E-state index in [2.05, 4.69) is 0 Å². The molecule has 1 rings (SSSR count). The van der Waals surface area contributed by atoms with E-state index >= 15 is 0 Å². The SMILES string of the molecule is CCCCOC(=O)C(C)(C(=O)OC)n1cc[n+](C)c1.[Br-]. The van der Waals surface area contributed by atoms with Gasteiger partial charge in [-0.15, -0.1) is 0 Å². The molecule has 0 saturated heterocycles. The summed E-state index contributed by atoms with van der Waals surface area (Å²) in [5.41, 5.74) is -1.50. The van der Waals surface area contributed by atoms with E-state index in [0.29, 0.717) is 6.61 Å². The number of esters is 2. The molecule has 0 aliphatic rings. The van der Waals surface area contributed by atoms with Gasteiger partial charge in [-0.25, -0.2) is 18.7 Å². The zero-order valence-electron chi connectivity index (χ0n) is 12.3. The maximum Gasteiger partial charge on any atom is 0.366 e. The van der Waals surface area contributed by atoms with E-state index in [1.807, 2.05) is 6.92 Å². The van der Waals surface area contributed by atoms with Crippen molar-refractivity contribution in [3.05, 3.63) is 18.7 Å². The Morgan fingerprint density at radius 1 is 1.35 bits per heavy atom. The molecule has 1 heterocycles. The Hall–Kier alpha value is -1.37. The summed E-state index contributed by atoms with van der Waals surface area (Å²) < 4.78 is 13.1. The van der Waals surface area contributed by atoms with Crippen LogP contribution in [0, 0.1) is 0 Å². The average Bonchev–Trinajstić information content (AvgIpc) is 2.84. The summed E-state index contributed by atoms with van der Waals surface area (Å²) in [6, 6.07) is 0. The second-order valence-corrected chi connectivity index (χ2v) is 4.54. The molecular formula is C13H21BrN2O4.